The standard InChI is InChI=1S/C14H15N3O3/c1-9(18)10-5-3-4-6-11(10)15-14(20)12-7-8-13(19)17(2)16-12/h3-6H,7-8H2,1-2H3,(H,15,20). The number of nitrogens with zero attached hydrogens (tertiary/aromatic N) is 2. The number of hydrazone groups is 1. The fraction of sp³-hybridized carbons (Fsp3) is 0.286. The molecule has 0 saturated carbocycles. The van der Waals surface area contributed by atoms with E-state index in [4.69, 9.17) is 0 Å². The van der Waals surface area contributed by atoms with E-state index in [0.717, 1.165) is 5.01 Å². The molecule has 20 heavy (non-hydrogen) atoms. The molecule has 6 nitrogen and oxygen atoms in total. The third kappa shape index (κ3) is 2.90. The summed E-state index contributed by atoms with van der Waals surface area (Å²) in [7, 11) is 1.51. The van der Waals surface area contributed by atoms with Gasteiger partial charge in [0.2, 0.25) is 5.91 Å². The summed E-state index contributed by atoms with van der Waals surface area (Å²) in [5, 5.41) is 7.77. The van der Waals surface area contributed by atoms with Crippen molar-refractivity contribution in [1.29, 1.82) is 0 Å². The van der Waals surface area contributed by atoms with Gasteiger partial charge in [0.25, 0.3) is 5.91 Å². The smallest absolute Gasteiger partial charge is 0.271 e. The highest BCUT2D eigenvalue weighted by molar-refractivity contribution is 6.43. The molecule has 0 atom stereocenters. The van der Waals surface area contributed by atoms with Crippen LogP contribution in [0.5, 0.6) is 0 Å². The molecule has 0 saturated heterocycles. The highest BCUT2D eigenvalue weighted by Crippen LogP contribution is 2.16. The van der Waals surface area contributed by atoms with Crippen LogP contribution < -0.4 is 5.32 Å². The van der Waals surface area contributed by atoms with Gasteiger partial charge in [0.1, 0.15) is 5.71 Å². The van der Waals surface area contributed by atoms with Crippen LogP contribution in [0.15, 0.2) is 29.4 Å². The van der Waals surface area contributed by atoms with Crippen LogP contribution in [0.3, 0.4) is 0 Å². The number of ketones is 1. The Labute approximate surface area is 116 Å². The molecule has 2 rings (SSSR count). The van der Waals surface area contributed by atoms with E-state index in [1.54, 1.807) is 24.3 Å². The van der Waals surface area contributed by atoms with Gasteiger partial charge in [0.05, 0.1) is 5.69 Å². The number of hydrogen-bond acceptors (Lipinski definition) is 4. The Morgan fingerprint density at radius 1 is 1.25 bits per heavy atom. The predicted octanol–water partition coefficient (Wildman–Crippen LogP) is 1.44. The van der Waals surface area contributed by atoms with Gasteiger partial charge in [0, 0.05) is 25.5 Å². The van der Waals surface area contributed by atoms with Crippen molar-refractivity contribution in [3.05, 3.63) is 29.8 Å². The third-order valence-electron chi connectivity index (χ3n) is 3.02. The number of amides is 2. The van der Waals surface area contributed by atoms with Crippen molar-refractivity contribution >= 4 is 29.0 Å². The van der Waals surface area contributed by atoms with Crippen molar-refractivity contribution in [3.8, 4) is 0 Å². The molecule has 104 valence electrons. The molecule has 1 aromatic carbocycles. The summed E-state index contributed by atoms with van der Waals surface area (Å²) in [6.07, 6.45) is 0.564. The summed E-state index contributed by atoms with van der Waals surface area (Å²) in [5.74, 6) is -0.637. The molecule has 1 aliphatic heterocycles. The Balaban J connectivity index is 2.19. The van der Waals surface area contributed by atoms with Crippen molar-refractivity contribution in [3.63, 3.8) is 0 Å². The molecule has 0 fully saturated rings. The third-order valence-corrected chi connectivity index (χ3v) is 3.02. The van der Waals surface area contributed by atoms with Crippen molar-refractivity contribution in [1.82, 2.24) is 5.01 Å². The topological polar surface area (TPSA) is 78.8 Å². The van der Waals surface area contributed by atoms with E-state index < -0.39 is 5.91 Å². The molecule has 0 unspecified atom stereocenters. The number of carbonyl (C=O) groups excluding carboxylic acids is 3. The van der Waals surface area contributed by atoms with Gasteiger partial charge in [0.15, 0.2) is 5.78 Å². The predicted molar refractivity (Wildman–Crippen MR) is 74.5 cm³/mol. The Bertz CT molecular complexity index is 607. The van der Waals surface area contributed by atoms with E-state index in [1.165, 1.54) is 14.0 Å². The Hall–Kier alpha value is -2.50. The monoisotopic (exact) mass is 273 g/mol. The van der Waals surface area contributed by atoms with Crippen LogP contribution in [-0.2, 0) is 9.59 Å². The maximum Gasteiger partial charge on any atom is 0.271 e. The summed E-state index contributed by atoms with van der Waals surface area (Å²) in [5.41, 5.74) is 1.18. The van der Waals surface area contributed by atoms with E-state index >= 15 is 0 Å². The van der Waals surface area contributed by atoms with Crippen LogP contribution in [0.1, 0.15) is 30.1 Å². The lowest BCUT2D eigenvalue weighted by Crippen LogP contribution is -2.34. The highest BCUT2D eigenvalue weighted by Gasteiger charge is 2.22. The number of hydrogen-bond donors (Lipinski definition) is 1. The van der Waals surface area contributed by atoms with Crippen molar-refractivity contribution in [2.75, 3.05) is 12.4 Å². The summed E-state index contributed by atoms with van der Waals surface area (Å²) >= 11 is 0. The van der Waals surface area contributed by atoms with Crippen LogP contribution in [-0.4, -0.2) is 35.4 Å². The normalized spacial score (nSPS) is 14.8. The molecule has 6 heteroatoms. The van der Waals surface area contributed by atoms with E-state index in [2.05, 4.69) is 10.4 Å². The van der Waals surface area contributed by atoms with Crippen LogP contribution in [0.2, 0.25) is 0 Å². The van der Waals surface area contributed by atoms with Gasteiger partial charge in [-0.1, -0.05) is 12.1 Å². The van der Waals surface area contributed by atoms with Crippen LogP contribution in [0, 0.1) is 0 Å². The summed E-state index contributed by atoms with van der Waals surface area (Å²) < 4.78 is 0. The zero-order valence-electron chi connectivity index (χ0n) is 11.3. The number of anilines is 1. The Morgan fingerprint density at radius 2 is 1.95 bits per heavy atom. The quantitative estimate of drug-likeness (QED) is 0.846. The second-order valence-corrected chi connectivity index (χ2v) is 4.52. The number of carbonyl (C=O) groups is 3. The lowest BCUT2D eigenvalue weighted by atomic mass is 10.1. The number of nitrogens with one attached hydrogen (secondary N) is 1. The molecule has 1 N–H and O–H groups in total. The molecular weight excluding hydrogens is 258 g/mol. The van der Waals surface area contributed by atoms with E-state index in [1.807, 2.05) is 0 Å². The van der Waals surface area contributed by atoms with Crippen molar-refractivity contribution in [2.24, 2.45) is 5.10 Å². The fourth-order valence-electron chi connectivity index (χ4n) is 1.93. The lowest BCUT2D eigenvalue weighted by Gasteiger charge is -2.19. The van der Waals surface area contributed by atoms with Gasteiger partial charge in [-0.2, -0.15) is 5.10 Å². The van der Waals surface area contributed by atoms with Gasteiger partial charge >= 0.3 is 0 Å². The van der Waals surface area contributed by atoms with Gasteiger partial charge in [-0.3, -0.25) is 14.4 Å². The Kier molecular flexibility index (Phi) is 3.93. The molecule has 0 radical (unpaired) electrons. The largest absolute Gasteiger partial charge is 0.320 e. The average Bonchev–Trinajstić information content (AvgIpc) is 2.42. The molecule has 2 amide bonds. The van der Waals surface area contributed by atoms with Gasteiger partial charge in [-0.15, -0.1) is 0 Å². The number of para-hydroxylation sites is 1. The maximum absolute atomic E-state index is 12.1. The lowest BCUT2D eigenvalue weighted by molar-refractivity contribution is -0.130. The minimum atomic E-state index is -0.391. The first-order chi connectivity index (χ1) is 9.49. The van der Waals surface area contributed by atoms with Gasteiger partial charge < -0.3 is 5.32 Å². The van der Waals surface area contributed by atoms with Crippen LogP contribution in [0.25, 0.3) is 0 Å². The van der Waals surface area contributed by atoms with Crippen LogP contribution >= 0.6 is 0 Å². The zero-order chi connectivity index (χ0) is 14.7. The van der Waals surface area contributed by atoms with Crippen molar-refractivity contribution < 1.29 is 14.4 Å². The molecule has 0 spiro atoms. The van der Waals surface area contributed by atoms with E-state index in [9.17, 15) is 14.4 Å². The van der Waals surface area contributed by atoms with E-state index in [0.29, 0.717) is 17.7 Å². The first-order valence-corrected chi connectivity index (χ1v) is 6.24. The molecular formula is C14H15N3O3. The summed E-state index contributed by atoms with van der Waals surface area (Å²) in [6.45, 7) is 1.44. The van der Waals surface area contributed by atoms with Crippen LogP contribution in [0.4, 0.5) is 5.69 Å². The van der Waals surface area contributed by atoms with Gasteiger partial charge in [-0.25, -0.2) is 5.01 Å². The SMILES string of the molecule is CC(=O)c1ccccc1NC(=O)C1=NN(C)C(=O)CC1. The number of Topliss-reactive ketones (excluding diaryl/α,β-unsaturated/α-hetero) is 1. The first-order valence-electron chi connectivity index (χ1n) is 6.24. The molecule has 0 aromatic heterocycles. The molecule has 0 aliphatic carbocycles. The number of benzene rings is 1. The Morgan fingerprint density at radius 3 is 2.60 bits per heavy atom. The first kappa shape index (κ1) is 13.9. The molecule has 0 bridgehead atoms. The summed E-state index contributed by atoms with van der Waals surface area (Å²) in [4.78, 5) is 34.9. The summed E-state index contributed by atoms with van der Waals surface area (Å²) in [6, 6.07) is 6.78. The second kappa shape index (κ2) is 5.64. The fourth-order valence-corrected chi connectivity index (χ4v) is 1.93. The van der Waals surface area contributed by atoms with Crippen molar-refractivity contribution in [2.45, 2.75) is 19.8 Å². The molecule has 1 heterocycles. The van der Waals surface area contributed by atoms with E-state index in [-0.39, 0.29) is 23.8 Å². The maximum atomic E-state index is 12.1. The average molecular weight is 273 g/mol. The molecule has 1 aliphatic rings. The zero-order valence-corrected chi connectivity index (χ0v) is 11.3. The second-order valence-electron chi connectivity index (χ2n) is 4.52. The number of rotatable bonds is 3. The molecule has 1 aromatic rings. The highest BCUT2D eigenvalue weighted by atomic mass is 16.2. The van der Waals surface area contributed by atoms with Gasteiger partial charge in [-0.05, 0) is 19.1 Å². The minimum absolute atomic E-state index is 0.120. The minimum Gasteiger partial charge on any atom is -0.320 e.